The van der Waals surface area contributed by atoms with E-state index in [1.54, 1.807) is 6.07 Å². The van der Waals surface area contributed by atoms with Crippen molar-refractivity contribution in [1.82, 2.24) is 9.21 Å². The minimum absolute atomic E-state index is 0.146. The van der Waals surface area contributed by atoms with Gasteiger partial charge in [0.05, 0.1) is 11.4 Å². The lowest BCUT2D eigenvalue weighted by atomic mass is 10.2. The number of amides is 2. The number of halogens is 1. The minimum atomic E-state index is -3.57. The summed E-state index contributed by atoms with van der Waals surface area (Å²) in [6, 6.07) is 11.2. The predicted molar refractivity (Wildman–Crippen MR) is 111 cm³/mol. The number of likely N-dealkylation sites (N-methyl/N-ethyl adjacent to an activating group) is 1. The molecular formula is C21H24FN3O4S. The van der Waals surface area contributed by atoms with Crippen LogP contribution in [0, 0.1) is 5.82 Å². The van der Waals surface area contributed by atoms with Crippen LogP contribution >= 0.6 is 0 Å². The summed E-state index contributed by atoms with van der Waals surface area (Å²) in [5, 5.41) is 2.53. The highest BCUT2D eigenvalue weighted by Crippen LogP contribution is 2.21. The zero-order valence-electron chi connectivity index (χ0n) is 16.7. The van der Waals surface area contributed by atoms with E-state index < -0.39 is 27.7 Å². The van der Waals surface area contributed by atoms with Crippen LogP contribution in [0.3, 0.4) is 0 Å². The summed E-state index contributed by atoms with van der Waals surface area (Å²) in [5.41, 5.74) is 0.571. The van der Waals surface area contributed by atoms with Crippen LogP contribution in [0.25, 0.3) is 0 Å². The number of sulfonamides is 1. The topological polar surface area (TPSA) is 86.8 Å². The summed E-state index contributed by atoms with van der Waals surface area (Å²) >= 11 is 0. The maximum atomic E-state index is 13.2. The monoisotopic (exact) mass is 433 g/mol. The number of carbonyl (C=O) groups is 2. The highest BCUT2D eigenvalue weighted by molar-refractivity contribution is 7.89. The highest BCUT2D eigenvalue weighted by Gasteiger charge is 2.26. The number of hydrogen-bond acceptors (Lipinski definition) is 4. The largest absolute Gasteiger partial charge is 0.332 e. The van der Waals surface area contributed by atoms with Gasteiger partial charge in [-0.15, -0.1) is 0 Å². The summed E-state index contributed by atoms with van der Waals surface area (Å²) in [6.45, 7) is 0.779. The van der Waals surface area contributed by atoms with Crippen molar-refractivity contribution in [1.29, 1.82) is 0 Å². The first kappa shape index (κ1) is 21.9. The van der Waals surface area contributed by atoms with Crippen LogP contribution in [0.5, 0.6) is 0 Å². The number of nitrogens with zero attached hydrogens (tertiary/aromatic N) is 2. The molecule has 1 N–H and O–H groups in total. The average molecular weight is 434 g/mol. The molecule has 1 fully saturated rings. The second-order valence-electron chi connectivity index (χ2n) is 7.21. The van der Waals surface area contributed by atoms with E-state index in [0.29, 0.717) is 18.8 Å². The lowest BCUT2D eigenvalue weighted by Gasteiger charge is -2.26. The van der Waals surface area contributed by atoms with Crippen LogP contribution in [0.15, 0.2) is 53.4 Å². The van der Waals surface area contributed by atoms with Crippen molar-refractivity contribution in [2.45, 2.75) is 24.2 Å². The summed E-state index contributed by atoms with van der Waals surface area (Å²) < 4.78 is 40.1. The molecule has 2 amide bonds. The lowest BCUT2D eigenvalue weighted by Crippen LogP contribution is -2.36. The van der Waals surface area contributed by atoms with Crippen LogP contribution in [0.1, 0.15) is 29.6 Å². The number of anilines is 1. The first-order valence-corrected chi connectivity index (χ1v) is 11.1. The van der Waals surface area contributed by atoms with E-state index in [-0.39, 0.29) is 17.0 Å². The maximum absolute atomic E-state index is 13.2. The second kappa shape index (κ2) is 9.36. The van der Waals surface area contributed by atoms with Crippen molar-refractivity contribution < 1.29 is 22.4 Å². The van der Waals surface area contributed by atoms with Gasteiger partial charge in [0.15, 0.2) is 0 Å². The number of carbonyl (C=O) groups excluding carboxylic acids is 2. The van der Waals surface area contributed by atoms with Crippen LogP contribution in [-0.4, -0.2) is 56.1 Å². The van der Waals surface area contributed by atoms with Crippen LogP contribution in [0.2, 0.25) is 0 Å². The normalized spacial score (nSPS) is 14.9. The predicted octanol–water partition coefficient (Wildman–Crippen LogP) is 2.71. The molecule has 2 aromatic rings. The Bertz CT molecular complexity index is 1020. The van der Waals surface area contributed by atoms with Gasteiger partial charge in [0.1, 0.15) is 5.82 Å². The maximum Gasteiger partial charge on any atom is 0.254 e. The number of hydrogen-bond donors (Lipinski definition) is 1. The van der Waals surface area contributed by atoms with Crippen molar-refractivity contribution in [2.24, 2.45) is 0 Å². The molecule has 30 heavy (non-hydrogen) atoms. The molecule has 0 aromatic heterocycles. The third kappa shape index (κ3) is 5.22. The fourth-order valence-electron chi connectivity index (χ4n) is 3.30. The van der Waals surface area contributed by atoms with Gasteiger partial charge in [-0.1, -0.05) is 12.5 Å². The molecule has 1 heterocycles. The Hall–Kier alpha value is -2.78. The van der Waals surface area contributed by atoms with Gasteiger partial charge in [-0.05, 0) is 55.3 Å². The molecule has 0 atom stereocenters. The molecule has 3 rings (SSSR count). The third-order valence-electron chi connectivity index (χ3n) is 4.89. The third-order valence-corrected chi connectivity index (χ3v) is 6.80. The first-order chi connectivity index (χ1) is 14.3. The first-order valence-electron chi connectivity index (χ1n) is 9.68. The molecule has 0 radical (unpaired) electrons. The minimum Gasteiger partial charge on any atom is -0.332 e. The van der Waals surface area contributed by atoms with Crippen molar-refractivity contribution in [3.05, 3.63) is 59.9 Å². The van der Waals surface area contributed by atoms with Gasteiger partial charge >= 0.3 is 0 Å². The van der Waals surface area contributed by atoms with Crippen LogP contribution in [-0.2, 0) is 14.8 Å². The van der Waals surface area contributed by atoms with E-state index in [1.165, 1.54) is 58.7 Å². The average Bonchev–Trinajstić information content (AvgIpc) is 2.74. The number of benzene rings is 2. The quantitative estimate of drug-likeness (QED) is 0.759. The van der Waals surface area contributed by atoms with Crippen molar-refractivity contribution in [3.8, 4) is 0 Å². The number of nitrogens with one attached hydrogen (secondary N) is 1. The summed E-state index contributed by atoms with van der Waals surface area (Å²) in [4.78, 5) is 26.1. The Morgan fingerprint density at radius 3 is 2.37 bits per heavy atom. The molecule has 9 heteroatoms. The molecule has 1 saturated heterocycles. The van der Waals surface area contributed by atoms with E-state index in [2.05, 4.69) is 5.32 Å². The molecule has 7 nitrogen and oxygen atoms in total. The summed E-state index contributed by atoms with van der Waals surface area (Å²) in [5.74, 6) is -1.37. The number of rotatable bonds is 6. The molecule has 0 unspecified atom stereocenters. The standard InChI is InChI=1S/C21H24FN3O4S/c1-24(15-20(26)23-18-7-5-6-17(22)14-18)21(27)16-8-10-19(11-9-16)30(28,29)25-12-3-2-4-13-25/h5-11,14H,2-4,12-13,15H2,1H3,(H,23,26). The fourth-order valence-corrected chi connectivity index (χ4v) is 4.82. The van der Waals surface area contributed by atoms with Crippen molar-refractivity contribution in [3.63, 3.8) is 0 Å². The van der Waals surface area contributed by atoms with Gasteiger partial charge in [-0.2, -0.15) is 4.31 Å². The lowest BCUT2D eigenvalue weighted by molar-refractivity contribution is -0.116. The fraction of sp³-hybridized carbons (Fsp3) is 0.333. The van der Waals surface area contributed by atoms with Gasteiger partial charge in [0.2, 0.25) is 15.9 Å². The Balaban J connectivity index is 1.62. The van der Waals surface area contributed by atoms with E-state index in [0.717, 1.165) is 19.3 Å². The Morgan fingerprint density at radius 1 is 1.07 bits per heavy atom. The van der Waals surface area contributed by atoms with Crippen molar-refractivity contribution in [2.75, 3.05) is 32.0 Å². The zero-order chi connectivity index (χ0) is 21.7. The van der Waals surface area contributed by atoms with E-state index in [4.69, 9.17) is 0 Å². The van der Waals surface area contributed by atoms with E-state index in [9.17, 15) is 22.4 Å². The van der Waals surface area contributed by atoms with Crippen LogP contribution in [0.4, 0.5) is 10.1 Å². The summed E-state index contributed by atoms with van der Waals surface area (Å²) in [7, 11) is -2.10. The van der Waals surface area contributed by atoms with Crippen molar-refractivity contribution >= 4 is 27.5 Å². The molecule has 0 aliphatic carbocycles. The van der Waals surface area contributed by atoms with Gasteiger partial charge in [0.25, 0.3) is 5.91 Å². The molecule has 0 saturated carbocycles. The summed E-state index contributed by atoms with van der Waals surface area (Å²) in [6.07, 6.45) is 2.72. The molecule has 1 aliphatic heterocycles. The molecule has 0 bridgehead atoms. The van der Waals surface area contributed by atoms with Gasteiger partial charge in [-0.3, -0.25) is 9.59 Å². The molecule has 0 spiro atoms. The van der Waals surface area contributed by atoms with Gasteiger partial charge in [-0.25, -0.2) is 12.8 Å². The van der Waals surface area contributed by atoms with Crippen LogP contribution < -0.4 is 5.32 Å². The number of piperidine rings is 1. The molecule has 1 aliphatic rings. The Labute approximate surface area is 175 Å². The van der Waals surface area contributed by atoms with E-state index in [1.807, 2.05) is 0 Å². The smallest absolute Gasteiger partial charge is 0.254 e. The zero-order valence-corrected chi connectivity index (χ0v) is 17.5. The van der Waals surface area contributed by atoms with Gasteiger partial charge in [0, 0.05) is 31.4 Å². The Kier molecular flexibility index (Phi) is 6.84. The highest BCUT2D eigenvalue weighted by atomic mass is 32.2. The molecule has 2 aromatic carbocycles. The molecule has 160 valence electrons. The SMILES string of the molecule is CN(CC(=O)Nc1cccc(F)c1)C(=O)c1ccc(S(=O)(=O)N2CCCCC2)cc1. The second-order valence-corrected chi connectivity index (χ2v) is 9.15. The Morgan fingerprint density at radius 2 is 1.73 bits per heavy atom. The molecular weight excluding hydrogens is 409 g/mol. The van der Waals surface area contributed by atoms with E-state index >= 15 is 0 Å². The van der Waals surface area contributed by atoms with Gasteiger partial charge < -0.3 is 10.2 Å².